The normalized spacial score (nSPS) is 24.3. The largest absolute Gasteiger partial charge is 0.359 e. The van der Waals surface area contributed by atoms with E-state index in [1.807, 2.05) is 13.0 Å². The van der Waals surface area contributed by atoms with E-state index >= 15 is 0 Å². The zero-order chi connectivity index (χ0) is 7.68. The first-order chi connectivity index (χ1) is 5.36. The molecule has 0 aromatic carbocycles. The van der Waals surface area contributed by atoms with Gasteiger partial charge in [-0.3, -0.25) is 0 Å². The van der Waals surface area contributed by atoms with E-state index in [2.05, 4.69) is 10.5 Å². The lowest BCUT2D eigenvalue weighted by Crippen LogP contribution is -2.03. The number of nitrogens with zero attached hydrogens (tertiary/aromatic N) is 2. The van der Waals surface area contributed by atoms with Crippen molar-refractivity contribution in [2.24, 2.45) is 0 Å². The van der Waals surface area contributed by atoms with Gasteiger partial charge in [0.1, 0.15) is 0 Å². The van der Waals surface area contributed by atoms with E-state index in [1.165, 1.54) is 6.42 Å². The van der Waals surface area contributed by atoms with Gasteiger partial charge < -0.3 is 4.52 Å². The molecule has 1 fully saturated rings. The van der Waals surface area contributed by atoms with E-state index in [-0.39, 0.29) is 6.04 Å². The summed E-state index contributed by atoms with van der Waals surface area (Å²) in [5, 5.41) is 8.21. The average Bonchev–Trinajstić information content (AvgIpc) is 2.55. The molecule has 59 valence electrons. The standard InChI is InChI=1S/C8H11N2O/c1-6-5-8(11-10-6)7-3-2-4-9-7/h5,7H,2-4H2,1H3. The third kappa shape index (κ3) is 1.28. The molecule has 1 atom stereocenters. The molecule has 0 spiro atoms. The van der Waals surface area contributed by atoms with E-state index < -0.39 is 0 Å². The maximum Gasteiger partial charge on any atom is 0.155 e. The fraction of sp³-hybridized carbons (Fsp3) is 0.625. The van der Waals surface area contributed by atoms with E-state index in [0.717, 1.165) is 24.4 Å². The number of rotatable bonds is 1. The summed E-state index contributed by atoms with van der Waals surface area (Å²) >= 11 is 0. The van der Waals surface area contributed by atoms with Crippen LogP contribution in [0.15, 0.2) is 10.6 Å². The van der Waals surface area contributed by atoms with E-state index in [9.17, 15) is 0 Å². The molecule has 3 heteroatoms. The first-order valence-corrected chi connectivity index (χ1v) is 3.96. The smallest absolute Gasteiger partial charge is 0.155 e. The van der Waals surface area contributed by atoms with Crippen molar-refractivity contribution in [1.29, 1.82) is 0 Å². The fourth-order valence-corrected chi connectivity index (χ4v) is 1.40. The monoisotopic (exact) mass is 151 g/mol. The second kappa shape index (κ2) is 2.66. The summed E-state index contributed by atoms with van der Waals surface area (Å²) in [6, 6.07) is 2.26. The molecule has 1 aliphatic rings. The molecule has 1 aromatic rings. The van der Waals surface area contributed by atoms with Crippen molar-refractivity contribution in [2.45, 2.75) is 25.8 Å². The highest BCUT2D eigenvalue weighted by atomic mass is 16.5. The van der Waals surface area contributed by atoms with E-state index in [4.69, 9.17) is 4.52 Å². The van der Waals surface area contributed by atoms with Crippen molar-refractivity contribution in [1.82, 2.24) is 10.5 Å². The lowest BCUT2D eigenvalue weighted by Gasteiger charge is -2.00. The quantitative estimate of drug-likeness (QED) is 0.609. The van der Waals surface area contributed by atoms with Crippen LogP contribution < -0.4 is 5.32 Å². The van der Waals surface area contributed by atoms with Crippen LogP contribution in [0.2, 0.25) is 0 Å². The minimum absolute atomic E-state index is 0.288. The second-order valence-corrected chi connectivity index (χ2v) is 2.93. The summed E-state index contributed by atoms with van der Waals surface area (Å²) < 4.78 is 5.10. The van der Waals surface area contributed by atoms with Crippen LogP contribution in [-0.2, 0) is 0 Å². The summed E-state index contributed by atoms with van der Waals surface area (Å²) in [4.78, 5) is 0. The minimum Gasteiger partial charge on any atom is -0.359 e. The van der Waals surface area contributed by atoms with Crippen molar-refractivity contribution >= 4 is 0 Å². The second-order valence-electron chi connectivity index (χ2n) is 2.93. The Balaban J connectivity index is 2.15. The lowest BCUT2D eigenvalue weighted by molar-refractivity contribution is 0.347. The summed E-state index contributed by atoms with van der Waals surface area (Å²) in [6.45, 7) is 2.91. The lowest BCUT2D eigenvalue weighted by atomic mass is 10.2. The predicted octanol–water partition coefficient (Wildman–Crippen LogP) is 1.42. The zero-order valence-corrected chi connectivity index (χ0v) is 6.58. The molecule has 2 rings (SSSR count). The van der Waals surface area contributed by atoms with Crippen molar-refractivity contribution in [3.8, 4) is 0 Å². The molecule has 0 saturated carbocycles. The van der Waals surface area contributed by atoms with E-state index in [1.54, 1.807) is 0 Å². The van der Waals surface area contributed by atoms with Crippen LogP contribution >= 0.6 is 0 Å². The first kappa shape index (κ1) is 6.85. The molecule has 1 saturated heterocycles. The summed E-state index contributed by atoms with van der Waals surface area (Å²) in [5.41, 5.74) is 0.946. The third-order valence-electron chi connectivity index (χ3n) is 1.96. The molecule has 1 unspecified atom stereocenters. The Morgan fingerprint density at radius 2 is 2.55 bits per heavy atom. The molecule has 3 nitrogen and oxygen atoms in total. The maximum atomic E-state index is 5.10. The Labute approximate surface area is 65.8 Å². The van der Waals surface area contributed by atoms with Gasteiger partial charge in [0.05, 0.1) is 11.7 Å². The Morgan fingerprint density at radius 1 is 1.64 bits per heavy atom. The SMILES string of the molecule is Cc1cc(C2CCC[N]2)on1. The number of hydrogen-bond acceptors (Lipinski definition) is 2. The van der Waals surface area contributed by atoms with Gasteiger partial charge in [-0.1, -0.05) is 5.16 Å². The van der Waals surface area contributed by atoms with Gasteiger partial charge in [-0.2, -0.15) is 0 Å². The average molecular weight is 151 g/mol. The van der Waals surface area contributed by atoms with Crippen LogP contribution in [0.1, 0.15) is 30.3 Å². The fourth-order valence-electron chi connectivity index (χ4n) is 1.40. The van der Waals surface area contributed by atoms with Crippen LogP contribution in [0, 0.1) is 6.92 Å². The molecular weight excluding hydrogens is 140 g/mol. The van der Waals surface area contributed by atoms with E-state index in [0.29, 0.717) is 0 Å². The Kier molecular flexibility index (Phi) is 1.66. The van der Waals surface area contributed by atoms with Crippen LogP contribution in [-0.4, -0.2) is 11.7 Å². The molecule has 2 heterocycles. The summed E-state index contributed by atoms with van der Waals surface area (Å²) in [6.07, 6.45) is 2.30. The number of hydrogen-bond donors (Lipinski definition) is 0. The van der Waals surface area contributed by atoms with Crippen LogP contribution in [0.3, 0.4) is 0 Å². The minimum atomic E-state index is 0.288. The van der Waals surface area contributed by atoms with Crippen LogP contribution in [0.4, 0.5) is 0 Å². The predicted molar refractivity (Wildman–Crippen MR) is 40.2 cm³/mol. The Morgan fingerprint density at radius 3 is 3.09 bits per heavy atom. The third-order valence-corrected chi connectivity index (χ3v) is 1.96. The van der Waals surface area contributed by atoms with Gasteiger partial charge in [-0.05, 0) is 19.8 Å². The molecular formula is C8H11N2O. The van der Waals surface area contributed by atoms with Gasteiger partial charge in [0.2, 0.25) is 0 Å². The molecule has 0 amide bonds. The zero-order valence-electron chi connectivity index (χ0n) is 6.58. The molecule has 11 heavy (non-hydrogen) atoms. The van der Waals surface area contributed by atoms with Gasteiger partial charge in [0, 0.05) is 12.6 Å². The summed E-state index contributed by atoms with van der Waals surface area (Å²) in [7, 11) is 0. The number of aromatic nitrogens is 1. The van der Waals surface area contributed by atoms with Crippen LogP contribution in [0.5, 0.6) is 0 Å². The highest BCUT2D eigenvalue weighted by molar-refractivity contribution is 5.08. The van der Waals surface area contributed by atoms with Gasteiger partial charge >= 0.3 is 0 Å². The van der Waals surface area contributed by atoms with Crippen LogP contribution in [0.25, 0.3) is 0 Å². The van der Waals surface area contributed by atoms with Gasteiger partial charge in [0.25, 0.3) is 0 Å². The molecule has 1 aliphatic heterocycles. The van der Waals surface area contributed by atoms with Crippen molar-refractivity contribution in [3.05, 3.63) is 17.5 Å². The highest BCUT2D eigenvalue weighted by Gasteiger charge is 2.20. The summed E-state index contributed by atoms with van der Waals surface area (Å²) in [5.74, 6) is 0.931. The number of aryl methyl sites for hydroxylation is 1. The first-order valence-electron chi connectivity index (χ1n) is 3.96. The van der Waals surface area contributed by atoms with Gasteiger partial charge in [-0.15, -0.1) is 0 Å². The Bertz CT molecular complexity index is 238. The topological polar surface area (TPSA) is 40.1 Å². The van der Waals surface area contributed by atoms with Crippen molar-refractivity contribution in [3.63, 3.8) is 0 Å². The highest BCUT2D eigenvalue weighted by Crippen LogP contribution is 2.24. The maximum absolute atomic E-state index is 5.10. The molecule has 0 aliphatic carbocycles. The van der Waals surface area contributed by atoms with Gasteiger partial charge in [-0.25, -0.2) is 5.32 Å². The molecule has 0 N–H and O–H groups in total. The van der Waals surface area contributed by atoms with Crippen molar-refractivity contribution < 1.29 is 4.52 Å². The Hall–Kier alpha value is -0.830. The molecule has 0 bridgehead atoms. The molecule has 1 aromatic heterocycles. The molecule has 1 radical (unpaired) electrons. The van der Waals surface area contributed by atoms with Crippen molar-refractivity contribution in [2.75, 3.05) is 6.54 Å². The van der Waals surface area contributed by atoms with Gasteiger partial charge in [0.15, 0.2) is 5.76 Å².